The average Bonchev–Trinajstić information content (AvgIpc) is 2.77. The zero-order valence-corrected chi connectivity index (χ0v) is 11.7. The SMILES string of the molecule is O=CC1=NC(C2CCCCO2)C2C=CC(Br)=CC12. The molecule has 4 heteroatoms. The lowest BCUT2D eigenvalue weighted by Gasteiger charge is -2.31. The third-order valence-electron chi connectivity index (χ3n) is 3.98. The molecule has 0 N–H and O–H groups in total. The molecule has 0 bridgehead atoms. The molecule has 0 saturated carbocycles. The number of allylic oxidation sites excluding steroid dienone is 3. The summed E-state index contributed by atoms with van der Waals surface area (Å²) in [5, 5.41) is 0. The van der Waals surface area contributed by atoms with Crippen molar-refractivity contribution in [3.05, 3.63) is 22.7 Å². The van der Waals surface area contributed by atoms with Gasteiger partial charge >= 0.3 is 0 Å². The standard InChI is InChI=1S/C14H16BrNO2/c15-9-4-5-10-11(7-9)12(8-17)16-14(10)13-3-1-2-6-18-13/h4-5,7-8,10-11,13-14H,1-3,6H2. The highest BCUT2D eigenvalue weighted by Gasteiger charge is 2.42. The number of ether oxygens (including phenoxy) is 1. The van der Waals surface area contributed by atoms with Crippen LogP contribution in [0.15, 0.2) is 27.7 Å². The molecule has 1 aliphatic carbocycles. The molecule has 1 fully saturated rings. The van der Waals surface area contributed by atoms with Crippen molar-refractivity contribution >= 4 is 27.9 Å². The average molecular weight is 310 g/mol. The first-order chi connectivity index (χ1) is 8.79. The minimum atomic E-state index is 0.114. The number of hydrogen-bond acceptors (Lipinski definition) is 3. The van der Waals surface area contributed by atoms with Gasteiger partial charge in [-0.2, -0.15) is 0 Å². The molecule has 0 aromatic carbocycles. The van der Waals surface area contributed by atoms with E-state index < -0.39 is 0 Å². The minimum absolute atomic E-state index is 0.114. The molecule has 0 aromatic heterocycles. The second-order valence-corrected chi connectivity index (χ2v) is 6.00. The molecular weight excluding hydrogens is 294 g/mol. The van der Waals surface area contributed by atoms with E-state index in [9.17, 15) is 4.79 Å². The Bertz CT molecular complexity index is 435. The van der Waals surface area contributed by atoms with Gasteiger partial charge in [0.2, 0.25) is 0 Å². The fraction of sp³-hybridized carbons (Fsp3) is 0.571. The van der Waals surface area contributed by atoms with Crippen LogP contribution in [0.4, 0.5) is 0 Å². The van der Waals surface area contributed by atoms with E-state index in [0.29, 0.717) is 5.71 Å². The van der Waals surface area contributed by atoms with E-state index in [1.165, 1.54) is 6.42 Å². The van der Waals surface area contributed by atoms with E-state index in [0.717, 1.165) is 30.2 Å². The maximum atomic E-state index is 11.2. The fourth-order valence-corrected chi connectivity index (χ4v) is 3.53. The second-order valence-electron chi connectivity index (χ2n) is 5.08. The number of hydrogen-bond donors (Lipinski definition) is 0. The van der Waals surface area contributed by atoms with E-state index in [4.69, 9.17) is 4.74 Å². The van der Waals surface area contributed by atoms with Crippen molar-refractivity contribution in [2.24, 2.45) is 16.8 Å². The normalized spacial score (nSPS) is 38.9. The summed E-state index contributed by atoms with van der Waals surface area (Å²) in [6, 6.07) is 0.114. The highest BCUT2D eigenvalue weighted by atomic mass is 79.9. The van der Waals surface area contributed by atoms with Gasteiger partial charge in [-0.1, -0.05) is 34.2 Å². The van der Waals surface area contributed by atoms with Gasteiger partial charge in [0, 0.05) is 22.9 Å². The number of carbonyl (C=O) groups excluding carboxylic acids is 1. The first-order valence-electron chi connectivity index (χ1n) is 6.49. The fourth-order valence-electron chi connectivity index (χ4n) is 3.09. The molecule has 4 unspecified atom stereocenters. The molecule has 0 radical (unpaired) electrons. The Kier molecular flexibility index (Phi) is 3.48. The van der Waals surface area contributed by atoms with Gasteiger partial charge in [-0.15, -0.1) is 0 Å². The minimum Gasteiger partial charge on any atom is -0.376 e. The highest BCUT2D eigenvalue weighted by Crippen LogP contribution is 2.38. The van der Waals surface area contributed by atoms with Gasteiger partial charge in [-0.3, -0.25) is 9.79 Å². The number of aliphatic imine (C=N–C) groups is 1. The van der Waals surface area contributed by atoms with Gasteiger partial charge < -0.3 is 4.74 Å². The summed E-state index contributed by atoms with van der Waals surface area (Å²) in [5.74, 6) is 0.409. The summed E-state index contributed by atoms with van der Waals surface area (Å²) in [7, 11) is 0. The molecule has 0 amide bonds. The molecule has 3 nitrogen and oxygen atoms in total. The number of halogens is 1. The Morgan fingerprint density at radius 1 is 1.44 bits per heavy atom. The first kappa shape index (κ1) is 12.3. The molecule has 2 aliphatic heterocycles. The molecule has 96 valence electrons. The van der Waals surface area contributed by atoms with Gasteiger partial charge in [0.1, 0.15) is 0 Å². The monoisotopic (exact) mass is 309 g/mol. The molecular formula is C14H16BrNO2. The molecule has 4 atom stereocenters. The lowest BCUT2D eigenvalue weighted by molar-refractivity contribution is -0.102. The topological polar surface area (TPSA) is 38.7 Å². The van der Waals surface area contributed by atoms with Crippen LogP contribution in [0.3, 0.4) is 0 Å². The Hall–Kier alpha value is -0.740. The second kappa shape index (κ2) is 5.10. The zero-order chi connectivity index (χ0) is 12.5. The number of nitrogens with zero attached hydrogens (tertiary/aromatic N) is 1. The molecule has 3 rings (SSSR count). The van der Waals surface area contributed by atoms with E-state index in [1.54, 1.807) is 0 Å². The Labute approximate surface area is 115 Å². The summed E-state index contributed by atoms with van der Waals surface area (Å²) < 4.78 is 6.87. The smallest absolute Gasteiger partial charge is 0.164 e. The lowest BCUT2D eigenvalue weighted by Crippen LogP contribution is -2.36. The van der Waals surface area contributed by atoms with Crippen molar-refractivity contribution in [3.8, 4) is 0 Å². The number of fused-ring (bicyclic) bond motifs is 1. The van der Waals surface area contributed by atoms with E-state index in [-0.39, 0.29) is 24.0 Å². The van der Waals surface area contributed by atoms with E-state index >= 15 is 0 Å². The van der Waals surface area contributed by atoms with Crippen molar-refractivity contribution in [3.63, 3.8) is 0 Å². The van der Waals surface area contributed by atoms with Crippen molar-refractivity contribution in [2.45, 2.75) is 31.4 Å². The summed E-state index contributed by atoms with van der Waals surface area (Å²) in [6.45, 7) is 0.827. The van der Waals surface area contributed by atoms with Gasteiger partial charge in [0.15, 0.2) is 6.29 Å². The van der Waals surface area contributed by atoms with Crippen LogP contribution in [-0.2, 0) is 9.53 Å². The maximum Gasteiger partial charge on any atom is 0.164 e. The summed E-state index contributed by atoms with van der Waals surface area (Å²) in [6.07, 6.45) is 10.8. The van der Waals surface area contributed by atoms with Gasteiger partial charge in [-0.05, 0) is 19.3 Å². The predicted octanol–water partition coefficient (Wildman–Crippen LogP) is 2.66. The van der Waals surface area contributed by atoms with Crippen LogP contribution < -0.4 is 0 Å². The largest absolute Gasteiger partial charge is 0.376 e. The van der Waals surface area contributed by atoms with Crippen LogP contribution in [0, 0.1) is 11.8 Å². The first-order valence-corrected chi connectivity index (χ1v) is 7.29. The summed E-state index contributed by atoms with van der Waals surface area (Å²) in [5.41, 5.74) is 0.667. The maximum absolute atomic E-state index is 11.2. The Morgan fingerprint density at radius 3 is 3.06 bits per heavy atom. The lowest BCUT2D eigenvalue weighted by atomic mass is 9.81. The van der Waals surface area contributed by atoms with Crippen LogP contribution in [0.2, 0.25) is 0 Å². The molecule has 3 aliphatic rings. The highest BCUT2D eigenvalue weighted by molar-refractivity contribution is 9.11. The van der Waals surface area contributed by atoms with Gasteiger partial charge in [0.25, 0.3) is 0 Å². The Balaban J connectivity index is 1.85. The quantitative estimate of drug-likeness (QED) is 0.736. The zero-order valence-electron chi connectivity index (χ0n) is 10.1. The number of aldehydes is 1. The van der Waals surface area contributed by atoms with Crippen LogP contribution in [0.25, 0.3) is 0 Å². The van der Waals surface area contributed by atoms with E-state index in [1.807, 2.05) is 0 Å². The summed E-state index contributed by atoms with van der Waals surface area (Å²) in [4.78, 5) is 15.8. The number of rotatable bonds is 2. The summed E-state index contributed by atoms with van der Waals surface area (Å²) >= 11 is 3.47. The van der Waals surface area contributed by atoms with Crippen LogP contribution in [0.5, 0.6) is 0 Å². The third kappa shape index (κ3) is 2.12. The molecule has 1 saturated heterocycles. The van der Waals surface area contributed by atoms with E-state index in [2.05, 4.69) is 39.2 Å². The third-order valence-corrected chi connectivity index (χ3v) is 4.51. The molecule has 0 aromatic rings. The van der Waals surface area contributed by atoms with Crippen molar-refractivity contribution in [1.29, 1.82) is 0 Å². The van der Waals surface area contributed by atoms with Crippen molar-refractivity contribution in [2.75, 3.05) is 6.61 Å². The molecule has 18 heavy (non-hydrogen) atoms. The molecule has 2 heterocycles. The van der Waals surface area contributed by atoms with Crippen LogP contribution in [0.1, 0.15) is 19.3 Å². The van der Waals surface area contributed by atoms with Gasteiger partial charge in [0.05, 0.1) is 17.9 Å². The van der Waals surface area contributed by atoms with Crippen molar-refractivity contribution < 1.29 is 9.53 Å². The van der Waals surface area contributed by atoms with Crippen LogP contribution >= 0.6 is 15.9 Å². The predicted molar refractivity (Wildman–Crippen MR) is 74.0 cm³/mol. The van der Waals surface area contributed by atoms with Gasteiger partial charge in [-0.25, -0.2) is 0 Å². The Morgan fingerprint density at radius 2 is 2.33 bits per heavy atom. The van der Waals surface area contributed by atoms with Crippen molar-refractivity contribution in [1.82, 2.24) is 0 Å². The number of carbonyl (C=O) groups is 1. The van der Waals surface area contributed by atoms with Crippen LogP contribution in [-0.4, -0.2) is 30.8 Å². The molecule has 0 spiro atoms.